The molecular weight excluding hydrogens is 269 g/mol. The quantitative estimate of drug-likeness (QED) is 0.581. The van der Waals surface area contributed by atoms with Crippen molar-refractivity contribution in [3.8, 4) is 0 Å². The summed E-state index contributed by atoms with van der Waals surface area (Å²) in [6, 6.07) is 0. The van der Waals surface area contributed by atoms with Crippen LogP contribution in [0.3, 0.4) is 0 Å². The minimum Gasteiger partial charge on any atom is -0.387 e. The van der Waals surface area contributed by atoms with E-state index in [9.17, 15) is 13.2 Å². The topological polar surface area (TPSA) is 56.4 Å². The van der Waals surface area contributed by atoms with Crippen LogP contribution >= 0.6 is 0 Å². The lowest BCUT2D eigenvalue weighted by Crippen LogP contribution is -2.49. The van der Waals surface area contributed by atoms with Gasteiger partial charge in [0.15, 0.2) is 0 Å². The average Bonchev–Trinajstić information content (AvgIpc) is 2.29. The molecule has 1 aliphatic rings. The van der Waals surface area contributed by atoms with E-state index in [1.165, 1.54) is 4.90 Å². The van der Waals surface area contributed by atoms with Gasteiger partial charge in [-0.05, 0) is 19.4 Å². The van der Waals surface area contributed by atoms with E-state index < -0.39 is 12.7 Å². The summed E-state index contributed by atoms with van der Waals surface area (Å²) in [6.45, 7) is 6.22. The minimum absolute atomic E-state index is 0.187. The number of hydrogen-bond acceptors (Lipinski definition) is 3. The second-order valence-electron chi connectivity index (χ2n) is 6.13. The molecule has 0 atom stereocenters. The Hall–Kier alpha value is -0.820. The fourth-order valence-corrected chi connectivity index (χ4v) is 2.30. The molecule has 1 saturated heterocycles. The number of nitrogens with two attached hydrogens (primary N) is 1. The second kappa shape index (κ2) is 6.76. The number of halogens is 3. The summed E-state index contributed by atoms with van der Waals surface area (Å²) in [5.74, 6) is 0.187. The molecule has 0 aromatic carbocycles. The summed E-state index contributed by atoms with van der Waals surface area (Å²) in [7, 11) is 0. The van der Waals surface area contributed by atoms with Crippen molar-refractivity contribution in [1.82, 2.24) is 9.80 Å². The van der Waals surface area contributed by atoms with E-state index in [0.717, 1.165) is 19.4 Å². The number of nitrogens with zero attached hydrogens (tertiary/aromatic N) is 2. The Kier molecular flexibility index (Phi) is 5.82. The van der Waals surface area contributed by atoms with Gasteiger partial charge in [-0.15, -0.1) is 0 Å². The van der Waals surface area contributed by atoms with E-state index in [2.05, 4.69) is 4.90 Å². The number of rotatable bonds is 6. The van der Waals surface area contributed by atoms with Crippen LogP contribution in [0, 0.1) is 10.8 Å². The molecule has 0 aromatic heterocycles. The van der Waals surface area contributed by atoms with Crippen LogP contribution in [0.15, 0.2) is 0 Å². The Morgan fingerprint density at radius 1 is 1.10 bits per heavy atom. The zero-order valence-electron chi connectivity index (χ0n) is 12.3. The number of amidine groups is 1. The van der Waals surface area contributed by atoms with Crippen molar-refractivity contribution in [3.63, 3.8) is 0 Å². The zero-order chi connectivity index (χ0) is 15.4. The van der Waals surface area contributed by atoms with Gasteiger partial charge in [0.2, 0.25) is 0 Å². The first-order chi connectivity index (χ1) is 9.10. The highest BCUT2D eigenvalue weighted by atomic mass is 19.4. The smallest absolute Gasteiger partial charge is 0.387 e. The third-order valence-electron chi connectivity index (χ3n) is 3.87. The molecule has 1 rings (SSSR count). The molecule has 0 aromatic rings. The van der Waals surface area contributed by atoms with E-state index in [1.807, 2.05) is 13.8 Å². The normalized spacial score (nSPS) is 19.2. The van der Waals surface area contributed by atoms with E-state index >= 15 is 0 Å². The van der Waals surface area contributed by atoms with Gasteiger partial charge in [0.05, 0.1) is 12.4 Å². The van der Waals surface area contributed by atoms with Gasteiger partial charge in [0.25, 0.3) is 0 Å². The maximum atomic E-state index is 12.3. The van der Waals surface area contributed by atoms with E-state index in [-0.39, 0.29) is 11.3 Å². The van der Waals surface area contributed by atoms with Crippen LogP contribution in [0.1, 0.15) is 26.7 Å². The number of hydrogen-bond donors (Lipinski definition) is 2. The van der Waals surface area contributed by atoms with Gasteiger partial charge < -0.3 is 10.6 Å². The Balaban J connectivity index is 2.22. The first-order valence-corrected chi connectivity index (χ1v) is 6.96. The average molecular weight is 294 g/mol. The molecule has 1 heterocycles. The molecule has 1 fully saturated rings. The van der Waals surface area contributed by atoms with Crippen molar-refractivity contribution in [2.45, 2.75) is 32.9 Å². The molecule has 0 saturated carbocycles. The van der Waals surface area contributed by atoms with E-state index in [4.69, 9.17) is 11.1 Å². The van der Waals surface area contributed by atoms with Crippen LogP contribution in [-0.2, 0) is 0 Å². The summed E-state index contributed by atoms with van der Waals surface area (Å²) in [5, 5.41) is 7.48. The highest BCUT2D eigenvalue weighted by molar-refractivity contribution is 5.82. The first kappa shape index (κ1) is 17.2. The first-order valence-electron chi connectivity index (χ1n) is 6.96. The Morgan fingerprint density at radius 3 is 2.05 bits per heavy atom. The molecule has 0 aliphatic carbocycles. The van der Waals surface area contributed by atoms with E-state index in [1.54, 1.807) is 0 Å². The van der Waals surface area contributed by atoms with Crippen LogP contribution in [0.5, 0.6) is 0 Å². The lowest BCUT2D eigenvalue weighted by atomic mass is 9.86. The monoisotopic (exact) mass is 294 g/mol. The summed E-state index contributed by atoms with van der Waals surface area (Å²) in [6.07, 6.45) is -2.37. The summed E-state index contributed by atoms with van der Waals surface area (Å²) in [5.41, 5.74) is 5.23. The standard InChI is InChI=1S/C13H25F3N4/c1-12(2,11(17)18)4-3-5-19-6-8-20(9-7-19)10-13(14,15)16/h3-10H2,1-2H3,(H3,17,18). The highest BCUT2D eigenvalue weighted by Gasteiger charge is 2.32. The van der Waals surface area contributed by atoms with Crippen molar-refractivity contribution in [2.24, 2.45) is 11.1 Å². The van der Waals surface area contributed by atoms with Crippen LogP contribution in [-0.4, -0.2) is 61.1 Å². The molecule has 118 valence electrons. The van der Waals surface area contributed by atoms with E-state index in [0.29, 0.717) is 26.2 Å². The predicted molar refractivity (Wildman–Crippen MR) is 73.9 cm³/mol. The fraction of sp³-hybridized carbons (Fsp3) is 0.923. The van der Waals surface area contributed by atoms with Gasteiger partial charge in [-0.2, -0.15) is 13.2 Å². The second-order valence-corrected chi connectivity index (χ2v) is 6.13. The van der Waals surface area contributed by atoms with Gasteiger partial charge in [-0.1, -0.05) is 13.8 Å². The van der Waals surface area contributed by atoms with Gasteiger partial charge >= 0.3 is 6.18 Å². The Labute approximate surface area is 118 Å². The lowest BCUT2D eigenvalue weighted by molar-refractivity contribution is -0.149. The molecule has 4 nitrogen and oxygen atoms in total. The van der Waals surface area contributed by atoms with Crippen molar-refractivity contribution >= 4 is 5.84 Å². The van der Waals surface area contributed by atoms with Crippen molar-refractivity contribution < 1.29 is 13.2 Å². The minimum atomic E-state index is -4.10. The van der Waals surface area contributed by atoms with Crippen LogP contribution < -0.4 is 5.73 Å². The Morgan fingerprint density at radius 2 is 1.60 bits per heavy atom. The third-order valence-corrected chi connectivity index (χ3v) is 3.87. The van der Waals surface area contributed by atoms with Crippen LogP contribution in [0.4, 0.5) is 13.2 Å². The molecule has 0 radical (unpaired) electrons. The van der Waals surface area contributed by atoms with Gasteiger partial charge in [0.1, 0.15) is 0 Å². The SMILES string of the molecule is CC(C)(CCCN1CCN(CC(F)(F)F)CC1)C(=N)N. The molecule has 0 unspecified atom stereocenters. The zero-order valence-corrected chi connectivity index (χ0v) is 12.3. The highest BCUT2D eigenvalue weighted by Crippen LogP contribution is 2.22. The fourth-order valence-electron chi connectivity index (χ4n) is 2.30. The van der Waals surface area contributed by atoms with Crippen molar-refractivity contribution in [2.75, 3.05) is 39.3 Å². The summed E-state index contributed by atoms with van der Waals surface area (Å²) < 4.78 is 36.8. The predicted octanol–water partition coefficient (Wildman–Crippen LogP) is 1.91. The number of nitrogens with one attached hydrogen (secondary N) is 1. The third kappa shape index (κ3) is 6.09. The Bertz CT molecular complexity index is 320. The summed E-state index contributed by atoms with van der Waals surface area (Å²) in [4.78, 5) is 3.64. The maximum Gasteiger partial charge on any atom is 0.401 e. The van der Waals surface area contributed by atoms with Gasteiger partial charge in [-0.3, -0.25) is 10.3 Å². The number of alkyl halides is 3. The molecular formula is C13H25F3N4. The van der Waals surface area contributed by atoms with Gasteiger partial charge in [0, 0.05) is 31.6 Å². The van der Waals surface area contributed by atoms with Crippen LogP contribution in [0.25, 0.3) is 0 Å². The van der Waals surface area contributed by atoms with Crippen molar-refractivity contribution in [1.29, 1.82) is 5.41 Å². The molecule has 20 heavy (non-hydrogen) atoms. The lowest BCUT2D eigenvalue weighted by Gasteiger charge is -2.35. The molecule has 1 aliphatic heterocycles. The molecule has 3 N–H and O–H groups in total. The molecule has 0 amide bonds. The molecule has 7 heteroatoms. The molecule has 0 spiro atoms. The van der Waals surface area contributed by atoms with Crippen molar-refractivity contribution in [3.05, 3.63) is 0 Å². The number of piperazine rings is 1. The summed E-state index contributed by atoms with van der Waals surface area (Å²) >= 11 is 0. The largest absolute Gasteiger partial charge is 0.401 e. The van der Waals surface area contributed by atoms with Gasteiger partial charge in [-0.25, -0.2) is 0 Å². The molecule has 0 bridgehead atoms. The maximum absolute atomic E-state index is 12.3. The van der Waals surface area contributed by atoms with Crippen LogP contribution in [0.2, 0.25) is 0 Å².